The van der Waals surface area contributed by atoms with Gasteiger partial charge in [-0.1, -0.05) is 26.0 Å². The van der Waals surface area contributed by atoms with Crippen LogP contribution >= 0.6 is 0 Å². The minimum Gasteiger partial charge on any atom is -0.394 e. The predicted octanol–water partition coefficient (Wildman–Crippen LogP) is 2.53. The van der Waals surface area contributed by atoms with Crippen LogP contribution in [0.2, 0.25) is 0 Å². The van der Waals surface area contributed by atoms with Crippen molar-refractivity contribution >= 4 is 29.1 Å². The van der Waals surface area contributed by atoms with E-state index in [1.807, 2.05) is 38.1 Å². The van der Waals surface area contributed by atoms with Crippen molar-refractivity contribution in [1.29, 1.82) is 0 Å². The molecule has 3 aromatic rings. The first-order valence-electron chi connectivity index (χ1n) is 11.9. The Kier molecular flexibility index (Phi) is 7.45. The minimum absolute atomic E-state index is 0.138. The molecule has 0 aliphatic carbocycles. The molecule has 1 fully saturated rings. The number of pyridine rings is 1. The topological polar surface area (TPSA) is 116 Å². The van der Waals surface area contributed by atoms with E-state index in [0.717, 1.165) is 24.2 Å². The summed E-state index contributed by atoms with van der Waals surface area (Å²) in [6, 6.07) is 10.6. The largest absolute Gasteiger partial charge is 0.394 e. The fourth-order valence-corrected chi connectivity index (χ4v) is 4.36. The van der Waals surface area contributed by atoms with Crippen LogP contribution in [0.1, 0.15) is 59.5 Å². The number of nitrogens with one attached hydrogen (secondary N) is 2. The predicted molar refractivity (Wildman–Crippen MR) is 132 cm³/mol. The fourth-order valence-electron chi connectivity index (χ4n) is 4.36. The summed E-state index contributed by atoms with van der Waals surface area (Å²) in [5, 5.41) is 15.3. The molecule has 184 valence electrons. The molecule has 0 saturated carbocycles. The van der Waals surface area contributed by atoms with Gasteiger partial charge in [-0.3, -0.25) is 18.8 Å². The Morgan fingerprint density at radius 2 is 1.91 bits per heavy atom. The lowest BCUT2D eigenvalue weighted by molar-refractivity contribution is -0.117. The summed E-state index contributed by atoms with van der Waals surface area (Å²) in [5.74, 6) is -0.200. The highest BCUT2D eigenvalue weighted by Gasteiger charge is 2.22. The van der Waals surface area contributed by atoms with Gasteiger partial charge in [-0.25, -0.2) is 4.98 Å². The van der Waals surface area contributed by atoms with Crippen LogP contribution in [0.25, 0.3) is 5.65 Å². The number of aliphatic hydroxyl groups is 1. The first-order valence-corrected chi connectivity index (χ1v) is 11.9. The summed E-state index contributed by atoms with van der Waals surface area (Å²) >= 11 is 0. The van der Waals surface area contributed by atoms with Crippen LogP contribution in [0, 0.1) is 5.92 Å². The van der Waals surface area contributed by atoms with E-state index in [9.17, 15) is 19.5 Å². The SMILES string of the molecule is CC(C)C[C@@H](CO)NC(=O)c1cnc2c(C(=O)NCc3ccc(N4CCCC4=O)cc3)cccn12. The number of benzene rings is 1. The number of carbonyl (C=O) groups is 3. The van der Waals surface area contributed by atoms with Crippen molar-refractivity contribution in [2.45, 2.75) is 45.7 Å². The van der Waals surface area contributed by atoms with Gasteiger partial charge in [0.1, 0.15) is 11.3 Å². The molecule has 9 heteroatoms. The van der Waals surface area contributed by atoms with E-state index in [4.69, 9.17) is 0 Å². The Balaban J connectivity index is 1.43. The zero-order valence-electron chi connectivity index (χ0n) is 20.0. The number of aromatic nitrogens is 2. The number of aliphatic hydroxyl groups excluding tert-OH is 1. The van der Waals surface area contributed by atoms with Crippen LogP contribution in [0.3, 0.4) is 0 Å². The van der Waals surface area contributed by atoms with Gasteiger partial charge in [-0.15, -0.1) is 0 Å². The van der Waals surface area contributed by atoms with Gasteiger partial charge in [0.25, 0.3) is 11.8 Å². The first-order chi connectivity index (χ1) is 16.9. The van der Waals surface area contributed by atoms with Gasteiger partial charge < -0.3 is 20.6 Å². The molecule has 1 aliphatic rings. The maximum absolute atomic E-state index is 12.9. The first kappa shape index (κ1) is 24.4. The average molecular weight is 478 g/mol. The third kappa shape index (κ3) is 5.51. The van der Waals surface area contributed by atoms with E-state index in [0.29, 0.717) is 42.2 Å². The minimum atomic E-state index is -0.355. The normalized spacial score (nSPS) is 14.5. The maximum atomic E-state index is 12.9. The van der Waals surface area contributed by atoms with Crippen LogP contribution in [-0.4, -0.2) is 51.4 Å². The molecule has 0 spiro atoms. The van der Waals surface area contributed by atoms with Crippen molar-refractivity contribution in [3.8, 4) is 0 Å². The number of carbonyl (C=O) groups excluding carboxylic acids is 3. The second-order valence-electron chi connectivity index (χ2n) is 9.24. The molecule has 1 aliphatic heterocycles. The highest BCUT2D eigenvalue weighted by atomic mass is 16.3. The van der Waals surface area contributed by atoms with Gasteiger partial charge in [0.15, 0.2) is 0 Å². The zero-order chi connectivity index (χ0) is 24.9. The summed E-state index contributed by atoms with van der Waals surface area (Å²) in [5.41, 5.74) is 2.80. The van der Waals surface area contributed by atoms with Gasteiger partial charge in [-0.05, 0) is 48.6 Å². The van der Waals surface area contributed by atoms with Crippen molar-refractivity contribution in [3.63, 3.8) is 0 Å². The monoisotopic (exact) mass is 477 g/mol. The lowest BCUT2D eigenvalue weighted by Crippen LogP contribution is -2.38. The Morgan fingerprint density at radius 1 is 1.14 bits per heavy atom. The van der Waals surface area contributed by atoms with Crippen molar-refractivity contribution < 1.29 is 19.5 Å². The van der Waals surface area contributed by atoms with Crippen LogP contribution in [0.15, 0.2) is 48.8 Å². The van der Waals surface area contributed by atoms with E-state index in [2.05, 4.69) is 15.6 Å². The molecule has 0 bridgehead atoms. The van der Waals surface area contributed by atoms with E-state index in [1.165, 1.54) is 6.20 Å². The zero-order valence-corrected chi connectivity index (χ0v) is 20.0. The van der Waals surface area contributed by atoms with E-state index < -0.39 is 0 Å². The third-order valence-electron chi connectivity index (χ3n) is 6.10. The summed E-state index contributed by atoms with van der Waals surface area (Å²) in [6.07, 6.45) is 5.23. The average Bonchev–Trinajstić information content (AvgIpc) is 3.48. The Morgan fingerprint density at radius 3 is 2.57 bits per heavy atom. The smallest absolute Gasteiger partial charge is 0.270 e. The van der Waals surface area contributed by atoms with Gasteiger partial charge >= 0.3 is 0 Å². The number of amides is 3. The van der Waals surface area contributed by atoms with Crippen LogP contribution in [0.4, 0.5) is 5.69 Å². The number of imidazole rings is 1. The summed E-state index contributed by atoms with van der Waals surface area (Å²) in [4.78, 5) is 43.7. The molecule has 2 aromatic heterocycles. The van der Waals surface area contributed by atoms with Gasteiger partial charge in [-0.2, -0.15) is 0 Å². The third-order valence-corrected chi connectivity index (χ3v) is 6.10. The van der Waals surface area contributed by atoms with Crippen molar-refractivity contribution in [3.05, 3.63) is 65.6 Å². The van der Waals surface area contributed by atoms with Crippen molar-refractivity contribution in [1.82, 2.24) is 20.0 Å². The summed E-state index contributed by atoms with van der Waals surface area (Å²) in [6.45, 7) is 4.95. The molecule has 3 heterocycles. The van der Waals surface area contributed by atoms with E-state index in [-0.39, 0.29) is 30.4 Å². The molecule has 1 aromatic carbocycles. The quantitative estimate of drug-likeness (QED) is 0.438. The molecule has 1 atom stereocenters. The van der Waals surface area contributed by atoms with Gasteiger partial charge in [0.2, 0.25) is 5.91 Å². The molecule has 1 saturated heterocycles. The van der Waals surface area contributed by atoms with Crippen LogP contribution in [-0.2, 0) is 11.3 Å². The molecule has 0 unspecified atom stereocenters. The summed E-state index contributed by atoms with van der Waals surface area (Å²) < 4.78 is 1.58. The molecule has 3 N–H and O–H groups in total. The number of fused-ring (bicyclic) bond motifs is 1. The Labute approximate surface area is 204 Å². The van der Waals surface area contributed by atoms with Gasteiger partial charge in [0, 0.05) is 31.4 Å². The second kappa shape index (κ2) is 10.7. The molecular weight excluding hydrogens is 446 g/mol. The van der Waals surface area contributed by atoms with Crippen LogP contribution < -0.4 is 15.5 Å². The van der Waals surface area contributed by atoms with Gasteiger partial charge in [0.05, 0.1) is 24.4 Å². The maximum Gasteiger partial charge on any atom is 0.270 e. The number of hydrogen-bond acceptors (Lipinski definition) is 5. The molecule has 4 rings (SSSR count). The number of rotatable bonds is 9. The standard InChI is InChI=1S/C26H31N5O4/c1-17(2)13-19(16-32)29-26(35)22-15-27-24-21(5-3-12-31(22)24)25(34)28-14-18-7-9-20(10-8-18)30-11-4-6-23(30)33/h3,5,7-10,12,15,17,19,32H,4,6,11,13-14,16H2,1-2H3,(H,28,34)(H,29,35)/t19-/m0/s1. The number of anilines is 1. The highest BCUT2D eigenvalue weighted by Crippen LogP contribution is 2.21. The van der Waals surface area contributed by atoms with Crippen molar-refractivity contribution in [2.75, 3.05) is 18.1 Å². The molecule has 0 radical (unpaired) electrons. The number of hydrogen-bond donors (Lipinski definition) is 3. The lowest BCUT2D eigenvalue weighted by atomic mass is 10.0. The Bertz CT molecular complexity index is 1220. The summed E-state index contributed by atoms with van der Waals surface area (Å²) in [7, 11) is 0. The molecule has 35 heavy (non-hydrogen) atoms. The fraction of sp³-hybridized carbons (Fsp3) is 0.385. The number of nitrogens with zero attached hydrogens (tertiary/aromatic N) is 3. The second-order valence-corrected chi connectivity index (χ2v) is 9.24. The molecule has 3 amide bonds. The van der Waals surface area contributed by atoms with Crippen molar-refractivity contribution in [2.24, 2.45) is 5.92 Å². The Hall–Kier alpha value is -3.72. The lowest BCUT2D eigenvalue weighted by Gasteiger charge is -2.18. The molecular formula is C26H31N5O4. The molecule has 9 nitrogen and oxygen atoms in total. The van der Waals surface area contributed by atoms with Crippen LogP contribution in [0.5, 0.6) is 0 Å². The van der Waals surface area contributed by atoms with E-state index in [1.54, 1.807) is 27.6 Å². The highest BCUT2D eigenvalue weighted by molar-refractivity contribution is 6.01. The van der Waals surface area contributed by atoms with E-state index >= 15 is 0 Å².